The van der Waals surface area contributed by atoms with Gasteiger partial charge in [0.1, 0.15) is 17.3 Å². The summed E-state index contributed by atoms with van der Waals surface area (Å²) in [6, 6.07) is 3.60. The Bertz CT molecular complexity index is 763. The van der Waals surface area contributed by atoms with Crippen molar-refractivity contribution in [1.82, 2.24) is 20.3 Å². The summed E-state index contributed by atoms with van der Waals surface area (Å²) in [6.45, 7) is 6.69. The molecule has 1 saturated heterocycles. The molecule has 1 unspecified atom stereocenters. The van der Waals surface area contributed by atoms with Crippen LogP contribution < -0.4 is 10.2 Å². The lowest BCUT2D eigenvalue weighted by Gasteiger charge is -2.20. The number of hydrogen-bond acceptors (Lipinski definition) is 4. The second-order valence-corrected chi connectivity index (χ2v) is 7.19. The first kappa shape index (κ1) is 17.3. The van der Waals surface area contributed by atoms with Gasteiger partial charge in [-0.15, -0.1) is 5.10 Å². The summed E-state index contributed by atoms with van der Waals surface area (Å²) in [6.07, 6.45) is 2.20. The van der Waals surface area contributed by atoms with Gasteiger partial charge in [0, 0.05) is 19.1 Å². The molecule has 8 heteroatoms. The van der Waals surface area contributed by atoms with Crippen molar-refractivity contribution < 1.29 is 13.6 Å². The van der Waals surface area contributed by atoms with Crippen molar-refractivity contribution in [3.8, 4) is 0 Å². The molecule has 2 heterocycles. The van der Waals surface area contributed by atoms with Crippen molar-refractivity contribution in [3.63, 3.8) is 0 Å². The number of para-hydroxylation sites is 1. The third-order valence-electron chi connectivity index (χ3n) is 4.19. The van der Waals surface area contributed by atoms with E-state index in [9.17, 15) is 13.6 Å². The fourth-order valence-electron chi connectivity index (χ4n) is 2.83. The molecule has 1 aromatic heterocycles. The molecule has 1 aliphatic rings. The Morgan fingerprint density at radius 2 is 1.96 bits per heavy atom. The van der Waals surface area contributed by atoms with Crippen LogP contribution in [0.15, 0.2) is 24.4 Å². The summed E-state index contributed by atoms with van der Waals surface area (Å²) in [7, 11) is 0. The average Bonchev–Trinajstić information content (AvgIpc) is 3.16. The highest BCUT2D eigenvalue weighted by atomic mass is 19.1. The molecule has 0 saturated carbocycles. The Balaban J connectivity index is 1.65. The summed E-state index contributed by atoms with van der Waals surface area (Å²) in [5.41, 5.74) is -0.0821. The number of aromatic nitrogens is 3. The fourth-order valence-corrected chi connectivity index (χ4v) is 2.83. The summed E-state index contributed by atoms with van der Waals surface area (Å²) >= 11 is 0. The van der Waals surface area contributed by atoms with Gasteiger partial charge in [-0.2, -0.15) is 0 Å². The van der Waals surface area contributed by atoms with E-state index in [-0.39, 0.29) is 28.9 Å². The van der Waals surface area contributed by atoms with Crippen molar-refractivity contribution >= 4 is 11.6 Å². The minimum atomic E-state index is -0.597. The molecule has 1 aromatic carbocycles. The highest BCUT2D eigenvalue weighted by Crippen LogP contribution is 2.26. The number of carbonyl (C=O) groups is 1. The number of hydrogen-bond donors (Lipinski definition) is 1. The van der Waals surface area contributed by atoms with Crippen LogP contribution in [0.5, 0.6) is 0 Å². The third-order valence-corrected chi connectivity index (χ3v) is 4.19. The molecule has 2 aromatic rings. The van der Waals surface area contributed by atoms with Crippen LogP contribution in [0, 0.1) is 11.6 Å². The third kappa shape index (κ3) is 3.62. The number of anilines is 1. The van der Waals surface area contributed by atoms with Crippen LogP contribution in [-0.4, -0.2) is 40.0 Å². The molecule has 134 valence electrons. The van der Waals surface area contributed by atoms with Gasteiger partial charge in [0.05, 0.1) is 11.7 Å². The van der Waals surface area contributed by atoms with Crippen molar-refractivity contribution in [3.05, 3.63) is 41.7 Å². The zero-order valence-corrected chi connectivity index (χ0v) is 14.5. The topological polar surface area (TPSA) is 63.1 Å². The lowest BCUT2D eigenvalue weighted by atomic mass is 10.1. The fraction of sp³-hybridized carbons (Fsp3) is 0.471. The van der Waals surface area contributed by atoms with Crippen molar-refractivity contribution in [2.45, 2.75) is 38.8 Å². The number of carbonyl (C=O) groups excluding carboxylic acids is 1. The van der Waals surface area contributed by atoms with E-state index >= 15 is 0 Å². The van der Waals surface area contributed by atoms with Crippen LogP contribution in [-0.2, 0) is 5.54 Å². The molecule has 25 heavy (non-hydrogen) atoms. The normalized spacial score (nSPS) is 17.8. The minimum absolute atomic E-state index is 0.0436. The molecule has 1 fully saturated rings. The summed E-state index contributed by atoms with van der Waals surface area (Å²) in [4.78, 5) is 13.9. The van der Waals surface area contributed by atoms with Gasteiger partial charge >= 0.3 is 0 Å². The predicted octanol–water partition coefficient (Wildman–Crippen LogP) is 2.32. The Kier molecular flexibility index (Phi) is 4.45. The maximum Gasteiger partial charge on any atom is 0.273 e. The largest absolute Gasteiger partial charge is 0.365 e. The molecular formula is C17H21F2N5O. The molecule has 1 amide bonds. The maximum absolute atomic E-state index is 13.9. The molecule has 0 spiro atoms. The molecule has 0 radical (unpaired) electrons. The van der Waals surface area contributed by atoms with Crippen LogP contribution in [0.1, 0.15) is 37.7 Å². The number of amides is 1. The van der Waals surface area contributed by atoms with Gasteiger partial charge in [-0.1, -0.05) is 11.3 Å². The second kappa shape index (κ2) is 6.42. The van der Waals surface area contributed by atoms with Crippen LogP contribution in [0.2, 0.25) is 0 Å². The summed E-state index contributed by atoms with van der Waals surface area (Å²) < 4.78 is 29.4. The van der Waals surface area contributed by atoms with Crippen LogP contribution >= 0.6 is 0 Å². The molecule has 1 N–H and O–H groups in total. The van der Waals surface area contributed by atoms with Crippen LogP contribution in [0.3, 0.4) is 0 Å². The Hall–Kier alpha value is -2.51. The predicted molar refractivity (Wildman–Crippen MR) is 89.5 cm³/mol. The van der Waals surface area contributed by atoms with Gasteiger partial charge in [-0.3, -0.25) is 4.79 Å². The number of benzene rings is 1. The first-order valence-corrected chi connectivity index (χ1v) is 8.18. The van der Waals surface area contributed by atoms with E-state index in [1.807, 2.05) is 20.8 Å². The van der Waals surface area contributed by atoms with E-state index in [1.54, 1.807) is 15.8 Å². The first-order valence-electron chi connectivity index (χ1n) is 8.18. The quantitative estimate of drug-likeness (QED) is 0.924. The van der Waals surface area contributed by atoms with Gasteiger partial charge in [0.2, 0.25) is 0 Å². The highest BCUT2D eigenvalue weighted by molar-refractivity contribution is 5.92. The van der Waals surface area contributed by atoms with Crippen molar-refractivity contribution in [2.75, 3.05) is 18.0 Å². The van der Waals surface area contributed by atoms with Crippen LogP contribution in [0.4, 0.5) is 14.5 Å². The number of nitrogens with one attached hydrogen (secondary N) is 1. The summed E-state index contributed by atoms with van der Waals surface area (Å²) in [5.74, 6) is -1.53. The van der Waals surface area contributed by atoms with Gasteiger partial charge in [-0.05, 0) is 39.3 Å². The van der Waals surface area contributed by atoms with E-state index in [0.29, 0.717) is 19.5 Å². The van der Waals surface area contributed by atoms with Gasteiger partial charge < -0.3 is 10.2 Å². The molecule has 0 bridgehead atoms. The molecule has 1 aliphatic heterocycles. The zero-order valence-electron chi connectivity index (χ0n) is 14.5. The van der Waals surface area contributed by atoms with E-state index < -0.39 is 11.6 Å². The molecular weight excluding hydrogens is 328 g/mol. The van der Waals surface area contributed by atoms with E-state index in [2.05, 4.69) is 15.6 Å². The number of rotatable bonds is 3. The second-order valence-electron chi connectivity index (χ2n) is 7.19. The van der Waals surface area contributed by atoms with E-state index in [4.69, 9.17) is 0 Å². The van der Waals surface area contributed by atoms with Crippen molar-refractivity contribution in [2.24, 2.45) is 0 Å². The maximum atomic E-state index is 13.9. The summed E-state index contributed by atoms with van der Waals surface area (Å²) in [5, 5.41) is 10.7. The standard InChI is InChI=1S/C17H21F2N5O/c1-17(2,3)24-10-14(21-22-24)16(25)20-11-7-8-23(9-11)15-12(18)5-4-6-13(15)19/h4-6,10-11H,7-9H2,1-3H3,(H,20,25). The minimum Gasteiger partial charge on any atom is -0.365 e. The molecule has 0 aliphatic carbocycles. The molecule has 1 atom stereocenters. The molecule has 3 rings (SSSR count). The van der Waals surface area contributed by atoms with Crippen LogP contribution in [0.25, 0.3) is 0 Å². The van der Waals surface area contributed by atoms with E-state index in [0.717, 1.165) is 0 Å². The van der Waals surface area contributed by atoms with E-state index in [1.165, 1.54) is 18.2 Å². The smallest absolute Gasteiger partial charge is 0.273 e. The Labute approximate surface area is 144 Å². The molecule has 6 nitrogen and oxygen atoms in total. The Morgan fingerprint density at radius 1 is 1.28 bits per heavy atom. The van der Waals surface area contributed by atoms with Gasteiger partial charge in [-0.25, -0.2) is 13.5 Å². The average molecular weight is 349 g/mol. The van der Waals surface area contributed by atoms with Crippen molar-refractivity contribution in [1.29, 1.82) is 0 Å². The van der Waals surface area contributed by atoms with Gasteiger partial charge in [0.15, 0.2) is 5.69 Å². The SMILES string of the molecule is CC(C)(C)n1cc(C(=O)NC2CCN(c3c(F)cccc3F)C2)nn1. The monoisotopic (exact) mass is 349 g/mol. The Morgan fingerprint density at radius 3 is 2.56 bits per heavy atom. The highest BCUT2D eigenvalue weighted by Gasteiger charge is 2.28. The first-order chi connectivity index (χ1) is 11.8. The lowest BCUT2D eigenvalue weighted by Crippen LogP contribution is -2.37. The number of nitrogens with zero attached hydrogens (tertiary/aromatic N) is 4. The lowest BCUT2D eigenvalue weighted by molar-refractivity contribution is 0.0935. The number of halogens is 2. The van der Waals surface area contributed by atoms with Gasteiger partial charge in [0.25, 0.3) is 5.91 Å². The zero-order chi connectivity index (χ0) is 18.2.